The Kier molecular flexibility index (Phi) is 5.52. The first-order valence-electron chi connectivity index (χ1n) is 9.33. The Morgan fingerprint density at radius 1 is 1.06 bits per heavy atom. The number of methoxy groups -OCH3 is 1. The van der Waals surface area contributed by atoms with Crippen LogP contribution in [0.2, 0.25) is 5.02 Å². The Hall–Kier alpha value is -3.58. The quantitative estimate of drug-likeness (QED) is 0.409. The molecule has 158 valence electrons. The maximum Gasteiger partial charge on any atom is 0.340 e. The molecule has 0 saturated heterocycles. The van der Waals surface area contributed by atoms with Crippen molar-refractivity contribution in [3.63, 3.8) is 0 Å². The van der Waals surface area contributed by atoms with E-state index in [9.17, 15) is 14.0 Å². The van der Waals surface area contributed by atoms with Gasteiger partial charge in [-0.3, -0.25) is 4.79 Å². The third kappa shape index (κ3) is 4.04. The number of fused-ring (bicyclic) bond motifs is 3. The first kappa shape index (κ1) is 20.7. The molecule has 0 fully saturated rings. The molecule has 0 bridgehead atoms. The Morgan fingerprint density at radius 3 is 2.58 bits per heavy atom. The standard InChI is InChI=1S/C23H17ClFNO5/c1-12(30-23(28)15-8-7-13(25)9-17(15)24)22(27)26-18-11-20-16(10-21(18)29-2)14-5-3-4-6-19(14)31-20/h3-12H,1-2H3,(H,26,27)/t12-/m0/s1. The first-order chi connectivity index (χ1) is 14.9. The molecule has 4 aromatic rings. The second-order valence-electron chi connectivity index (χ2n) is 6.81. The number of nitrogens with one attached hydrogen (secondary N) is 1. The first-order valence-corrected chi connectivity index (χ1v) is 9.71. The molecule has 0 spiro atoms. The summed E-state index contributed by atoms with van der Waals surface area (Å²) in [6.45, 7) is 1.41. The number of ether oxygens (including phenoxy) is 2. The van der Waals surface area contributed by atoms with Crippen molar-refractivity contribution < 1.29 is 27.9 Å². The molecule has 0 radical (unpaired) electrons. The van der Waals surface area contributed by atoms with Gasteiger partial charge in [0, 0.05) is 16.8 Å². The topological polar surface area (TPSA) is 77.8 Å². The summed E-state index contributed by atoms with van der Waals surface area (Å²) in [7, 11) is 1.49. The largest absolute Gasteiger partial charge is 0.495 e. The number of furan rings is 1. The number of carbonyl (C=O) groups excluding carboxylic acids is 2. The van der Waals surface area contributed by atoms with Crippen LogP contribution in [-0.2, 0) is 9.53 Å². The van der Waals surface area contributed by atoms with Gasteiger partial charge in [0.1, 0.15) is 22.7 Å². The van der Waals surface area contributed by atoms with Crippen LogP contribution in [0.3, 0.4) is 0 Å². The van der Waals surface area contributed by atoms with Crippen LogP contribution in [0.5, 0.6) is 5.75 Å². The lowest BCUT2D eigenvalue weighted by molar-refractivity contribution is -0.123. The van der Waals surface area contributed by atoms with Crippen LogP contribution in [-0.4, -0.2) is 25.1 Å². The molecule has 1 N–H and O–H groups in total. The van der Waals surface area contributed by atoms with E-state index in [1.165, 1.54) is 20.1 Å². The SMILES string of the molecule is COc1cc2c(cc1NC(=O)[C@H](C)OC(=O)c1ccc(F)cc1Cl)oc1ccccc12. The van der Waals surface area contributed by atoms with E-state index in [1.54, 1.807) is 12.1 Å². The smallest absolute Gasteiger partial charge is 0.340 e. The molecular weight excluding hydrogens is 425 g/mol. The van der Waals surface area contributed by atoms with Gasteiger partial charge < -0.3 is 19.2 Å². The van der Waals surface area contributed by atoms with Crippen LogP contribution in [0.25, 0.3) is 21.9 Å². The highest BCUT2D eigenvalue weighted by Gasteiger charge is 2.22. The van der Waals surface area contributed by atoms with E-state index in [0.29, 0.717) is 22.6 Å². The van der Waals surface area contributed by atoms with Crippen molar-refractivity contribution in [3.8, 4) is 5.75 Å². The lowest BCUT2D eigenvalue weighted by Crippen LogP contribution is -2.30. The third-order valence-corrected chi connectivity index (χ3v) is 5.07. The summed E-state index contributed by atoms with van der Waals surface area (Å²) < 4.78 is 29.6. The van der Waals surface area contributed by atoms with Crippen molar-refractivity contribution in [2.24, 2.45) is 0 Å². The number of hydrogen-bond acceptors (Lipinski definition) is 5. The van der Waals surface area contributed by atoms with Gasteiger partial charge in [0.25, 0.3) is 5.91 Å². The zero-order valence-electron chi connectivity index (χ0n) is 16.6. The Morgan fingerprint density at radius 2 is 1.84 bits per heavy atom. The number of rotatable bonds is 5. The maximum absolute atomic E-state index is 13.2. The van der Waals surface area contributed by atoms with Crippen LogP contribution in [0, 0.1) is 5.82 Å². The molecule has 0 unspecified atom stereocenters. The minimum Gasteiger partial charge on any atom is -0.495 e. The van der Waals surface area contributed by atoms with Crippen LogP contribution in [0.4, 0.5) is 10.1 Å². The Bertz CT molecular complexity index is 1320. The molecule has 4 rings (SSSR count). The van der Waals surface area contributed by atoms with Crippen LogP contribution in [0.15, 0.2) is 59.0 Å². The third-order valence-electron chi connectivity index (χ3n) is 4.76. The minimum absolute atomic E-state index is 0.0380. The van der Waals surface area contributed by atoms with E-state index in [2.05, 4.69) is 5.32 Å². The molecule has 31 heavy (non-hydrogen) atoms. The van der Waals surface area contributed by atoms with E-state index < -0.39 is 23.8 Å². The summed E-state index contributed by atoms with van der Waals surface area (Å²) in [5.41, 5.74) is 1.60. The van der Waals surface area contributed by atoms with Gasteiger partial charge >= 0.3 is 5.97 Å². The summed E-state index contributed by atoms with van der Waals surface area (Å²) in [6, 6.07) is 14.3. The van der Waals surface area contributed by atoms with Crippen LogP contribution >= 0.6 is 11.6 Å². The fraction of sp³-hybridized carbons (Fsp3) is 0.130. The Labute approximate surface area is 181 Å². The second-order valence-corrected chi connectivity index (χ2v) is 7.22. The number of hydrogen-bond donors (Lipinski definition) is 1. The molecule has 0 saturated carbocycles. The van der Waals surface area contributed by atoms with E-state index >= 15 is 0 Å². The number of halogens is 2. The predicted octanol–water partition coefficient (Wildman–Crippen LogP) is 5.57. The van der Waals surface area contributed by atoms with Gasteiger partial charge in [0.2, 0.25) is 0 Å². The molecule has 1 amide bonds. The van der Waals surface area contributed by atoms with Gasteiger partial charge in [-0.1, -0.05) is 29.8 Å². The highest BCUT2D eigenvalue weighted by atomic mass is 35.5. The predicted molar refractivity (Wildman–Crippen MR) is 115 cm³/mol. The zero-order valence-corrected chi connectivity index (χ0v) is 17.3. The molecule has 0 aliphatic carbocycles. The normalized spacial score (nSPS) is 12.0. The molecule has 0 aliphatic rings. The van der Waals surface area contributed by atoms with Crippen molar-refractivity contribution in [1.82, 2.24) is 0 Å². The number of carbonyl (C=O) groups is 2. The highest BCUT2D eigenvalue weighted by Crippen LogP contribution is 2.36. The number of amides is 1. The average Bonchev–Trinajstić information content (AvgIpc) is 3.10. The Balaban J connectivity index is 1.55. The fourth-order valence-corrected chi connectivity index (χ4v) is 3.43. The van der Waals surface area contributed by atoms with Crippen molar-refractivity contribution in [1.29, 1.82) is 0 Å². The number of esters is 1. The molecule has 1 aromatic heterocycles. The zero-order chi connectivity index (χ0) is 22.1. The summed E-state index contributed by atoms with van der Waals surface area (Å²) in [5.74, 6) is -1.58. The van der Waals surface area contributed by atoms with E-state index in [1.807, 2.05) is 24.3 Å². The molecule has 6 nitrogen and oxygen atoms in total. The van der Waals surface area contributed by atoms with E-state index in [4.69, 9.17) is 25.5 Å². The number of para-hydroxylation sites is 1. The molecule has 8 heteroatoms. The molecule has 1 heterocycles. The monoisotopic (exact) mass is 441 g/mol. The second kappa shape index (κ2) is 8.28. The lowest BCUT2D eigenvalue weighted by atomic mass is 10.1. The van der Waals surface area contributed by atoms with Gasteiger partial charge in [-0.05, 0) is 37.3 Å². The van der Waals surface area contributed by atoms with Gasteiger partial charge in [-0.2, -0.15) is 0 Å². The number of benzene rings is 3. The maximum atomic E-state index is 13.2. The van der Waals surface area contributed by atoms with Crippen molar-refractivity contribution in [2.45, 2.75) is 13.0 Å². The van der Waals surface area contributed by atoms with Gasteiger partial charge in [0.15, 0.2) is 6.10 Å². The summed E-state index contributed by atoms with van der Waals surface area (Å²) in [5, 5.41) is 4.35. The molecule has 1 atom stereocenters. The highest BCUT2D eigenvalue weighted by molar-refractivity contribution is 6.33. The van der Waals surface area contributed by atoms with Crippen LogP contribution < -0.4 is 10.1 Å². The molecule has 0 aliphatic heterocycles. The number of anilines is 1. The molecular formula is C23H17ClFNO5. The summed E-state index contributed by atoms with van der Waals surface area (Å²) in [4.78, 5) is 24.9. The van der Waals surface area contributed by atoms with Crippen LogP contribution in [0.1, 0.15) is 17.3 Å². The fourth-order valence-electron chi connectivity index (χ4n) is 3.18. The van der Waals surface area contributed by atoms with Gasteiger partial charge in [-0.25, -0.2) is 9.18 Å². The van der Waals surface area contributed by atoms with Crippen molar-refractivity contribution in [3.05, 3.63) is 71.0 Å². The summed E-state index contributed by atoms with van der Waals surface area (Å²) in [6.07, 6.45) is -1.15. The van der Waals surface area contributed by atoms with Crippen molar-refractivity contribution >= 4 is 51.1 Å². The minimum atomic E-state index is -1.15. The van der Waals surface area contributed by atoms with Crippen molar-refractivity contribution in [2.75, 3.05) is 12.4 Å². The van der Waals surface area contributed by atoms with E-state index in [0.717, 1.165) is 22.9 Å². The average molecular weight is 442 g/mol. The van der Waals surface area contributed by atoms with E-state index in [-0.39, 0.29) is 10.6 Å². The summed E-state index contributed by atoms with van der Waals surface area (Å²) >= 11 is 5.88. The van der Waals surface area contributed by atoms with Gasteiger partial charge in [-0.15, -0.1) is 0 Å². The molecule has 3 aromatic carbocycles. The van der Waals surface area contributed by atoms with Gasteiger partial charge in [0.05, 0.1) is 23.4 Å². The lowest BCUT2D eigenvalue weighted by Gasteiger charge is -2.15.